The summed E-state index contributed by atoms with van der Waals surface area (Å²) in [5.41, 5.74) is 1.16. The second-order valence-electron chi connectivity index (χ2n) is 6.27. The zero-order valence-corrected chi connectivity index (χ0v) is 15.6. The summed E-state index contributed by atoms with van der Waals surface area (Å²) in [6.07, 6.45) is 0.0924. The third-order valence-corrected chi connectivity index (χ3v) is 8.52. The molecule has 1 amide bonds. The lowest BCUT2D eigenvalue weighted by molar-refractivity contribution is 0.0950. The summed E-state index contributed by atoms with van der Waals surface area (Å²) in [7, 11) is -7.10. The van der Waals surface area contributed by atoms with Gasteiger partial charge in [0.15, 0.2) is 19.7 Å². The van der Waals surface area contributed by atoms with Gasteiger partial charge in [0.05, 0.1) is 21.7 Å². The van der Waals surface area contributed by atoms with Gasteiger partial charge >= 0.3 is 0 Å². The largest absolute Gasteiger partial charge is 0.348 e. The second kappa shape index (κ2) is 7.20. The molecule has 1 fully saturated rings. The number of hydrogen-bond acceptors (Lipinski definition) is 5. The van der Waals surface area contributed by atoms with Crippen molar-refractivity contribution in [2.45, 2.75) is 23.1 Å². The quantitative estimate of drug-likeness (QED) is 0.832. The van der Waals surface area contributed by atoms with Gasteiger partial charge in [0.2, 0.25) is 0 Å². The molecule has 2 aromatic rings. The average molecular weight is 393 g/mol. The zero-order chi connectivity index (χ0) is 18.8. The Morgan fingerprint density at radius 2 is 1.81 bits per heavy atom. The lowest BCUT2D eigenvalue weighted by atomic mass is 10.2. The second-order valence-corrected chi connectivity index (χ2v) is 10.7. The first kappa shape index (κ1) is 18.6. The van der Waals surface area contributed by atoms with Gasteiger partial charge in [-0.1, -0.05) is 36.4 Å². The number of benzene rings is 2. The highest BCUT2D eigenvalue weighted by Crippen LogP contribution is 2.25. The number of nitrogens with one attached hydrogen (secondary N) is 1. The molecule has 8 heteroatoms. The summed E-state index contributed by atoms with van der Waals surface area (Å²) >= 11 is 0. The van der Waals surface area contributed by atoms with Gasteiger partial charge in [0.1, 0.15) is 0 Å². The van der Waals surface area contributed by atoms with Crippen LogP contribution >= 0.6 is 0 Å². The standard InChI is InChI=1S/C18H19NO5S2/c20-18(19-12-14-5-2-1-3-6-14)15-7-4-8-16(11-15)26(23,24)17-9-10-25(21,22)13-17/h1-8,11,17H,9-10,12-13H2,(H,19,20). The van der Waals surface area contributed by atoms with Crippen LogP contribution in [0.5, 0.6) is 0 Å². The summed E-state index contributed by atoms with van der Waals surface area (Å²) in [5.74, 6) is -0.863. The fourth-order valence-electron chi connectivity index (χ4n) is 2.89. The highest BCUT2D eigenvalue weighted by Gasteiger charge is 2.38. The number of amides is 1. The minimum absolute atomic E-state index is 0.0213. The number of carbonyl (C=O) groups excluding carboxylic acids is 1. The molecule has 1 unspecified atom stereocenters. The predicted molar refractivity (Wildman–Crippen MR) is 98.3 cm³/mol. The van der Waals surface area contributed by atoms with Crippen LogP contribution in [0.1, 0.15) is 22.3 Å². The van der Waals surface area contributed by atoms with E-state index in [2.05, 4.69) is 5.32 Å². The molecule has 3 rings (SSSR count). The molecule has 26 heavy (non-hydrogen) atoms. The molecule has 6 nitrogen and oxygen atoms in total. The van der Waals surface area contributed by atoms with Gasteiger partial charge in [-0.2, -0.15) is 0 Å². The van der Waals surface area contributed by atoms with Crippen LogP contribution < -0.4 is 5.32 Å². The molecule has 1 N–H and O–H groups in total. The fourth-order valence-corrected chi connectivity index (χ4v) is 7.30. The summed E-state index contributed by atoms with van der Waals surface area (Å²) < 4.78 is 48.5. The highest BCUT2D eigenvalue weighted by molar-refractivity contribution is 7.96. The molecule has 0 aromatic heterocycles. The van der Waals surface area contributed by atoms with Gasteiger partial charge in [-0.3, -0.25) is 4.79 Å². The normalized spacial score (nSPS) is 19.2. The van der Waals surface area contributed by atoms with Crippen molar-refractivity contribution >= 4 is 25.6 Å². The van der Waals surface area contributed by atoms with Gasteiger partial charge < -0.3 is 5.32 Å². The van der Waals surface area contributed by atoms with Gasteiger partial charge in [-0.15, -0.1) is 0 Å². The van der Waals surface area contributed by atoms with E-state index in [0.29, 0.717) is 6.54 Å². The van der Waals surface area contributed by atoms with Crippen LogP contribution in [0, 0.1) is 0 Å². The van der Waals surface area contributed by atoms with Crippen molar-refractivity contribution < 1.29 is 21.6 Å². The Labute approximate surface area is 153 Å². The van der Waals surface area contributed by atoms with Gasteiger partial charge in [0, 0.05) is 12.1 Å². The first-order chi connectivity index (χ1) is 12.3. The summed E-state index contributed by atoms with van der Waals surface area (Å²) in [6, 6.07) is 15.1. The SMILES string of the molecule is O=C(NCc1ccccc1)c1cccc(S(=O)(=O)C2CCS(=O)(=O)C2)c1. The minimum atomic E-state index is -3.79. The van der Waals surface area contributed by atoms with E-state index in [0.717, 1.165) is 5.56 Å². The summed E-state index contributed by atoms with van der Waals surface area (Å²) in [4.78, 5) is 12.3. The van der Waals surface area contributed by atoms with Crippen LogP contribution in [0.2, 0.25) is 0 Å². The first-order valence-corrected chi connectivity index (χ1v) is 11.5. The van der Waals surface area contributed by atoms with Crippen molar-refractivity contribution in [1.29, 1.82) is 0 Å². The molecule has 0 spiro atoms. The van der Waals surface area contributed by atoms with Crippen LogP contribution in [-0.4, -0.2) is 39.5 Å². The molecule has 138 valence electrons. The van der Waals surface area contributed by atoms with Gasteiger partial charge in [-0.25, -0.2) is 16.8 Å². The van der Waals surface area contributed by atoms with Crippen molar-refractivity contribution in [2.24, 2.45) is 0 Å². The van der Waals surface area contributed by atoms with Crippen LogP contribution in [0.3, 0.4) is 0 Å². The maximum atomic E-state index is 12.7. The molecule has 0 radical (unpaired) electrons. The van der Waals surface area contributed by atoms with Crippen molar-refractivity contribution in [1.82, 2.24) is 5.32 Å². The lowest BCUT2D eigenvalue weighted by Gasteiger charge is -2.11. The van der Waals surface area contributed by atoms with Crippen molar-refractivity contribution in [2.75, 3.05) is 11.5 Å². The highest BCUT2D eigenvalue weighted by atomic mass is 32.2. The molecule has 2 aromatic carbocycles. The zero-order valence-electron chi connectivity index (χ0n) is 14.0. The Balaban J connectivity index is 1.76. The predicted octanol–water partition coefficient (Wildman–Crippen LogP) is 1.58. The summed E-state index contributed by atoms with van der Waals surface area (Å²) in [6.45, 7) is 0.331. The number of carbonyl (C=O) groups is 1. The molecule has 1 saturated heterocycles. The molecule has 1 aliphatic rings. The molecule has 0 bridgehead atoms. The molecular weight excluding hydrogens is 374 g/mol. The van der Waals surface area contributed by atoms with Crippen molar-refractivity contribution in [3.63, 3.8) is 0 Å². The fraction of sp³-hybridized carbons (Fsp3) is 0.278. The number of hydrogen-bond donors (Lipinski definition) is 1. The Bertz CT molecular complexity index is 1010. The number of sulfone groups is 2. The topological polar surface area (TPSA) is 97.4 Å². The van der Waals surface area contributed by atoms with E-state index in [1.165, 1.54) is 24.3 Å². The molecule has 1 aliphatic heterocycles. The minimum Gasteiger partial charge on any atom is -0.348 e. The third kappa shape index (κ3) is 4.13. The summed E-state index contributed by atoms with van der Waals surface area (Å²) in [5, 5.41) is 1.80. The van der Waals surface area contributed by atoms with Crippen LogP contribution in [0.15, 0.2) is 59.5 Å². The number of rotatable bonds is 5. The maximum absolute atomic E-state index is 12.7. The Morgan fingerprint density at radius 3 is 2.46 bits per heavy atom. The molecule has 1 atom stereocenters. The van der Waals surface area contributed by atoms with E-state index in [4.69, 9.17) is 0 Å². The smallest absolute Gasteiger partial charge is 0.251 e. The van der Waals surface area contributed by atoms with E-state index < -0.39 is 24.9 Å². The van der Waals surface area contributed by atoms with E-state index in [1.54, 1.807) is 0 Å². The van der Waals surface area contributed by atoms with Crippen LogP contribution in [0.25, 0.3) is 0 Å². The van der Waals surface area contributed by atoms with E-state index in [1.807, 2.05) is 30.3 Å². The van der Waals surface area contributed by atoms with E-state index in [9.17, 15) is 21.6 Å². The van der Waals surface area contributed by atoms with Gasteiger partial charge in [0.25, 0.3) is 5.91 Å². The van der Waals surface area contributed by atoms with Crippen molar-refractivity contribution in [3.8, 4) is 0 Å². The van der Waals surface area contributed by atoms with Crippen LogP contribution in [-0.2, 0) is 26.2 Å². The Morgan fingerprint density at radius 1 is 1.08 bits per heavy atom. The van der Waals surface area contributed by atoms with Gasteiger partial charge in [-0.05, 0) is 30.2 Å². The monoisotopic (exact) mass is 393 g/mol. The van der Waals surface area contributed by atoms with Crippen molar-refractivity contribution in [3.05, 3.63) is 65.7 Å². The van der Waals surface area contributed by atoms with E-state index in [-0.39, 0.29) is 34.3 Å². The molecular formula is C18H19NO5S2. The van der Waals surface area contributed by atoms with E-state index >= 15 is 0 Å². The third-order valence-electron chi connectivity index (χ3n) is 4.35. The Hall–Kier alpha value is -2.19. The molecule has 1 heterocycles. The maximum Gasteiger partial charge on any atom is 0.251 e. The Kier molecular flexibility index (Phi) is 5.15. The first-order valence-electron chi connectivity index (χ1n) is 8.14. The molecule has 0 saturated carbocycles. The molecule has 0 aliphatic carbocycles. The average Bonchev–Trinajstić information content (AvgIpc) is 3.01. The van der Waals surface area contributed by atoms with Crippen LogP contribution in [0.4, 0.5) is 0 Å². The lowest BCUT2D eigenvalue weighted by Crippen LogP contribution is -2.25.